The fourth-order valence-electron chi connectivity index (χ4n) is 3.57. The van der Waals surface area contributed by atoms with E-state index >= 15 is 0 Å². The zero-order chi connectivity index (χ0) is 20.1. The smallest absolute Gasteiger partial charge is 0.130 e. The van der Waals surface area contributed by atoms with Crippen molar-refractivity contribution in [2.75, 3.05) is 14.1 Å². The first kappa shape index (κ1) is 23.4. The summed E-state index contributed by atoms with van der Waals surface area (Å²) in [7, 11) is 4.16. The number of unbranched alkanes of at least 4 members (excludes halogenated alkanes) is 2. The minimum absolute atomic E-state index is 0.0112. The number of allylic oxidation sites excluding steroid dienone is 5. The molecular formula is C24H41N3. The Kier molecular flexibility index (Phi) is 11.0. The van der Waals surface area contributed by atoms with Crippen molar-refractivity contribution in [1.82, 2.24) is 4.90 Å². The van der Waals surface area contributed by atoms with Gasteiger partial charge in [-0.1, -0.05) is 70.4 Å². The van der Waals surface area contributed by atoms with Crippen LogP contribution in [0, 0.1) is 11.3 Å². The Morgan fingerprint density at radius 1 is 1.19 bits per heavy atom. The Bertz CT molecular complexity index is 548. The molecule has 1 atom stereocenters. The number of hydrogen-bond donors (Lipinski definition) is 0. The Labute approximate surface area is 168 Å². The van der Waals surface area contributed by atoms with Crippen LogP contribution in [-0.4, -0.2) is 31.0 Å². The van der Waals surface area contributed by atoms with E-state index in [1.807, 2.05) is 0 Å². The fourth-order valence-corrected chi connectivity index (χ4v) is 3.57. The Balaban J connectivity index is 2.84. The molecule has 1 unspecified atom stereocenters. The minimum atomic E-state index is 0.0112. The SMILES string of the molecule is C=C(C=CC/C=C\C)C1(/C=N/N=C(/C(CC)CCCCC)N(C)C)CCC1. The van der Waals surface area contributed by atoms with Gasteiger partial charge >= 0.3 is 0 Å². The zero-order valence-corrected chi connectivity index (χ0v) is 18.4. The average Bonchev–Trinajstić information content (AvgIpc) is 2.61. The molecule has 3 heteroatoms. The molecule has 1 aliphatic rings. The van der Waals surface area contributed by atoms with Crippen molar-refractivity contribution in [1.29, 1.82) is 0 Å². The number of hydrogen-bond acceptors (Lipinski definition) is 2. The Morgan fingerprint density at radius 2 is 1.93 bits per heavy atom. The van der Waals surface area contributed by atoms with Crippen LogP contribution < -0.4 is 0 Å². The lowest BCUT2D eigenvalue weighted by molar-refractivity contribution is 0.299. The lowest BCUT2D eigenvalue weighted by Crippen LogP contribution is -2.32. The van der Waals surface area contributed by atoms with Gasteiger partial charge in [-0.25, -0.2) is 0 Å². The maximum atomic E-state index is 4.67. The van der Waals surface area contributed by atoms with Crippen molar-refractivity contribution in [2.24, 2.45) is 21.5 Å². The van der Waals surface area contributed by atoms with E-state index in [0.29, 0.717) is 5.92 Å². The predicted octanol–water partition coefficient (Wildman–Crippen LogP) is 6.79. The van der Waals surface area contributed by atoms with Crippen molar-refractivity contribution in [3.05, 3.63) is 36.5 Å². The quantitative estimate of drug-likeness (QED) is 0.0927. The molecule has 0 N–H and O–H groups in total. The van der Waals surface area contributed by atoms with Crippen LogP contribution in [0.4, 0.5) is 0 Å². The molecule has 1 rings (SSSR count). The third kappa shape index (κ3) is 7.48. The summed E-state index contributed by atoms with van der Waals surface area (Å²) in [5.41, 5.74) is 1.18. The molecule has 0 heterocycles. The molecular weight excluding hydrogens is 330 g/mol. The molecule has 0 radical (unpaired) electrons. The summed E-state index contributed by atoms with van der Waals surface area (Å²) < 4.78 is 0. The van der Waals surface area contributed by atoms with Gasteiger partial charge in [-0.2, -0.15) is 5.10 Å². The normalized spacial score (nSPS) is 18.3. The van der Waals surface area contributed by atoms with E-state index in [1.165, 1.54) is 37.7 Å². The molecule has 0 aromatic carbocycles. The largest absolute Gasteiger partial charge is 0.364 e. The summed E-state index contributed by atoms with van der Waals surface area (Å²) in [6, 6.07) is 0. The van der Waals surface area contributed by atoms with E-state index in [2.05, 4.69) is 87.1 Å². The fraction of sp³-hybridized carbons (Fsp3) is 0.667. The first-order valence-electron chi connectivity index (χ1n) is 10.8. The van der Waals surface area contributed by atoms with Gasteiger partial charge in [0.2, 0.25) is 0 Å². The van der Waals surface area contributed by atoms with E-state index < -0.39 is 0 Å². The Hall–Kier alpha value is -1.64. The summed E-state index contributed by atoms with van der Waals surface area (Å²) in [5, 5.41) is 9.23. The first-order chi connectivity index (χ1) is 13.0. The summed E-state index contributed by atoms with van der Waals surface area (Å²) in [4.78, 5) is 2.14. The molecule has 0 aromatic heterocycles. The third-order valence-corrected chi connectivity index (χ3v) is 5.65. The van der Waals surface area contributed by atoms with Crippen LogP contribution in [0.25, 0.3) is 0 Å². The van der Waals surface area contributed by atoms with Crippen LogP contribution in [0.2, 0.25) is 0 Å². The Morgan fingerprint density at radius 3 is 2.44 bits per heavy atom. The van der Waals surface area contributed by atoms with E-state index in [0.717, 1.165) is 31.5 Å². The van der Waals surface area contributed by atoms with Gasteiger partial charge in [0.1, 0.15) is 5.84 Å². The van der Waals surface area contributed by atoms with Gasteiger partial charge in [-0.3, -0.25) is 0 Å². The van der Waals surface area contributed by atoms with Crippen molar-refractivity contribution < 1.29 is 0 Å². The van der Waals surface area contributed by atoms with E-state index in [-0.39, 0.29) is 5.41 Å². The van der Waals surface area contributed by atoms with Crippen molar-refractivity contribution in [2.45, 2.75) is 78.6 Å². The molecule has 0 saturated heterocycles. The van der Waals surface area contributed by atoms with E-state index in [1.54, 1.807) is 0 Å². The molecule has 1 fully saturated rings. The van der Waals surface area contributed by atoms with Crippen molar-refractivity contribution >= 4 is 12.1 Å². The molecule has 0 aliphatic heterocycles. The van der Waals surface area contributed by atoms with Gasteiger partial charge in [0.25, 0.3) is 0 Å². The van der Waals surface area contributed by atoms with Gasteiger partial charge < -0.3 is 4.90 Å². The summed E-state index contributed by atoms with van der Waals surface area (Å²) >= 11 is 0. The van der Waals surface area contributed by atoms with Crippen LogP contribution >= 0.6 is 0 Å². The van der Waals surface area contributed by atoms with Crippen LogP contribution in [0.15, 0.2) is 46.7 Å². The van der Waals surface area contributed by atoms with Gasteiger partial charge in [-0.15, -0.1) is 5.10 Å². The molecule has 3 nitrogen and oxygen atoms in total. The van der Waals surface area contributed by atoms with Crippen molar-refractivity contribution in [3.8, 4) is 0 Å². The van der Waals surface area contributed by atoms with Gasteiger partial charge in [0.05, 0.1) is 0 Å². The summed E-state index contributed by atoms with van der Waals surface area (Å²) in [6.45, 7) is 10.9. The van der Waals surface area contributed by atoms with Gasteiger partial charge in [-0.05, 0) is 44.6 Å². The molecule has 27 heavy (non-hydrogen) atoms. The molecule has 0 bridgehead atoms. The van der Waals surface area contributed by atoms with E-state index in [4.69, 9.17) is 0 Å². The minimum Gasteiger partial charge on any atom is -0.364 e. The van der Waals surface area contributed by atoms with E-state index in [9.17, 15) is 0 Å². The summed E-state index contributed by atoms with van der Waals surface area (Å²) in [5.74, 6) is 1.60. The topological polar surface area (TPSA) is 28.0 Å². The first-order valence-corrected chi connectivity index (χ1v) is 10.8. The number of nitrogens with zero attached hydrogens (tertiary/aromatic N) is 3. The third-order valence-electron chi connectivity index (χ3n) is 5.65. The van der Waals surface area contributed by atoms with Crippen LogP contribution in [-0.2, 0) is 0 Å². The summed E-state index contributed by atoms with van der Waals surface area (Å²) in [6.07, 6.45) is 21.2. The second-order valence-electron chi connectivity index (χ2n) is 7.94. The molecule has 1 saturated carbocycles. The van der Waals surface area contributed by atoms with Crippen LogP contribution in [0.3, 0.4) is 0 Å². The second kappa shape index (κ2) is 12.7. The second-order valence-corrected chi connectivity index (χ2v) is 7.94. The molecule has 0 spiro atoms. The van der Waals surface area contributed by atoms with Crippen LogP contribution in [0.1, 0.15) is 78.6 Å². The lowest BCUT2D eigenvalue weighted by atomic mass is 9.65. The number of amidine groups is 1. The molecule has 152 valence electrons. The predicted molar refractivity (Wildman–Crippen MR) is 122 cm³/mol. The monoisotopic (exact) mass is 371 g/mol. The molecule has 0 aromatic rings. The van der Waals surface area contributed by atoms with Gasteiger partial charge in [0, 0.05) is 31.6 Å². The van der Waals surface area contributed by atoms with Gasteiger partial charge in [0.15, 0.2) is 0 Å². The zero-order valence-electron chi connectivity index (χ0n) is 18.4. The molecule has 0 amide bonds. The highest BCUT2D eigenvalue weighted by atomic mass is 15.3. The highest BCUT2D eigenvalue weighted by molar-refractivity contribution is 5.85. The average molecular weight is 372 g/mol. The highest BCUT2D eigenvalue weighted by Crippen LogP contribution is 2.45. The maximum Gasteiger partial charge on any atom is 0.130 e. The maximum absolute atomic E-state index is 4.67. The number of rotatable bonds is 12. The van der Waals surface area contributed by atoms with Crippen molar-refractivity contribution in [3.63, 3.8) is 0 Å². The molecule has 1 aliphatic carbocycles. The lowest BCUT2D eigenvalue weighted by Gasteiger charge is -2.39. The standard InChI is InChI=1S/C24H41N3/c1-7-10-12-14-16-21(4)24(18-15-19-24)20-25-26-23(27(5)6)22(9-3)17-13-11-8-2/h7,10,14,16,20,22H,4,8-9,11-13,15,17-19H2,1-3,5-6H3/b10-7-,16-14?,25-20+,26-23-. The van der Waals surface area contributed by atoms with Crippen LogP contribution in [0.5, 0.6) is 0 Å². The highest BCUT2D eigenvalue weighted by Gasteiger charge is 2.37.